The Bertz CT molecular complexity index is 1070. The Labute approximate surface area is 173 Å². The first-order valence-electron chi connectivity index (χ1n) is 9.16. The lowest BCUT2D eigenvalue weighted by Gasteiger charge is -2.31. The monoisotopic (exact) mass is 440 g/mol. The van der Waals surface area contributed by atoms with E-state index in [4.69, 9.17) is 10.5 Å². The highest BCUT2D eigenvalue weighted by atomic mass is 32.2. The molecule has 1 saturated heterocycles. The van der Waals surface area contributed by atoms with Crippen LogP contribution in [0, 0.1) is 11.6 Å². The number of ketones is 1. The van der Waals surface area contributed by atoms with Gasteiger partial charge in [-0.05, 0) is 37.1 Å². The Morgan fingerprint density at radius 3 is 2.47 bits per heavy atom. The number of sulfonamides is 1. The Balaban J connectivity index is 1.77. The minimum absolute atomic E-state index is 0.0165. The van der Waals surface area contributed by atoms with Crippen molar-refractivity contribution in [1.29, 1.82) is 0 Å². The Morgan fingerprint density at radius 2 is 1.90 bits per heavy atom. The van der Waals surface area contributed by atoms with Crippen molar-refractivity contribution < 1.29 is 26.7 Å². The van der Waals surface area contributed by atoms with Gasteiger partial charge >= 0.3 is 0 Å². The lowest BCUT2D eigenvalue weighted by atomic mass is 10.0. The molecule has 0 amide bonds. The van der Waals surface area contributed by atoms with Gasteiger partial charge < -0.3 is 15.8 Å². The number of piperidine rings is 1. The quantitative estimate of drug-likeness (QED) is 0.661. The minimum Gasteiger partial charge on any atom is -0.496 e. The molecule has 1 aliphatic rings. The summed E-state index contributed by atoms with van der Waals surface area (Å²) in [5.41, 5.74) is 5.26. The van der Waals surface area contributed by atoms with Gasteiger partial charge in [-0.3, -0.25) is 4.79 Å². The molecule has 1 aliphatic heterocycles. The fourth-order valence-corrected chi connectivity index (χ4v) is 4.21. The maximum atomic E-state index is 14.2. The third-order valence-electron chi connectivity index (χ3n) is 4.95. The molecule has 11 heteroatoms. The van der Waals surface area contributed by atoms with Gasteiger partial charge in [0.15, 0.2) is 11.6 Å². The average Bonchev–Trinajstić information content (AvgIpc) is 2.69. The van der Waals surface area contributed by atoms with Gasteiger partial charge in [-0.25, -0.2) is 26.5 Å². The third kappa shape index (κ3) is 4.51. The summed E-state index contributed by atoms with van der Waals surface area (Å²) in [5, 5.41) is 3.16. The van der Waals surface area contributed by atoms with Crippen LogP contribution in [0.2, 0.25) is 0 Å². The topological polar surface area (TPSA) is 115 Å². The van der Waals surface area contributed by atoms with Crippen molar-refractivity contribution in [3.8, 4) is 5.75 Å². The molecule has 0 unspecified atom stereocenters. The van der Waals surface area contributed by atoms with Gasteiger partial charge in [0.05, 0.1) is 18.9 Å². The highest BCUT2D eigenvalue weighted by Crippen LogP contribution is 2.28. The molecule has 0 atom stereocenters. The standard InChI is InChI=1S/C19H22F2N4O4S/c1-29-14-5-4-13(20)17(21)16(14)18(26)12-3-6-15(24-19(12)22)23-11-7-9-25(10-8-11)30(2,27)28/h3-6,11H,7-10H2,1-2H3,(H3,22,23,24). The molecule has 2 heterocycles. The van der Waals surface area contributed by atoms with E-state index in [0.717, 1.165) is 12.1 Å². The first kappa shape index (κ1) is 21.9. The fourth-order valence-electron chi connectivity index (χ4n) is 3.34. The molecular weight excluding hydrogens is 418 g/mol. The first-order chi connectivity index (χ1) is 14.1. The lowest BCUT2D eigenvalue weighted by Crippen LogP contribution is -2.41. The van der Waals surface area contributed by atoms with Crippen molar-refractivity contribution in [3.63, 3.8) is 0 Å². The molecule has 0 bridgehead atoms. The molecule has 2 aromatic rings. The van der Waals surface area contributed by atoms with Gasteiger partial charge in [0.25, 0.3) is 0 Å². The SMILES string of the molecule is COc1ccc(F)c(F)c1C(=O)c1ccc(NC2CCN(S(C)(=O)=O)CC2)nc1N. The van der Waals surface area contributed by atoms with Gasteiger partial charge in [-0.15, -0.1) is 0 Å². The van der Waals surface area contributed by atoms with Crippen LogP contribution in [0.1, 0.15) is 28.8 Å². The maximum absolute atomic E-state index is 14.2. The highest BCUT2D eigenvalue weighted by molar-refractivity contribution is 7.88. The fraction of sp³-hybridized carbons (Fsp3) is 0.368. The second kappa shape index (κ2) is 8.52. The number of ether oxygens (including phenoxy) is 1. The number of nitrogens with one attached hydrogen (secondary N) is 1. The van der Waals surface area contributed by atoms with E-state index >= 15 is 0 Å². The van der Waals surface area contributed by atoms with Crippen molar-refractivity contribution >= 4 is 27.4 Å². The number of hydrogen-bond acceptors (Lipinski definition) is 7. The van der Waals surface area contributed by atoms with E-state index in [2.05, 4.69) is 10.3 Å². The summed E-state index contributed by atoms with van der Waals surface area (Å²) < 4.78 is 57.4. The number of nitrogens with two attached hydrogens (primary N) is 1. The van der Waals surface area contributed by atoms with Crippen molar-refractivity contribution in [2.45, 2.75) is 18.9 Å². The van der Waals surface area contributed by atoms with Gasteiger partial charge in [-0.2, -0.15) is 0 Å². The zero-order valence-electron chi connectivity index (χ0n) is 16.5. The highest BCUT2D eigenvalue weighted by Gasteiger charge is 2.27. The summed E-state index contributed by atoms with van der Waals surface area (Å²) in [6, 6.07) is 4.90. The predicted octanol–water partition coefficient (Wildman–Crippen LogP) is 2.02. The second-order valence-corrected chi connectivity index (χ2v) is 8.96. The van der Waals surface area contributed by atoms with Crippen LogP contribution >= 0.6 is 0 Å². The number of anilines is 2. The van der Waals surface area contributed by atoms with Crippen LogP contribution in [0.4, 0.5) is 20.4 Å². The van der Waals surface area contributed by atoms with Crippen molar-refractivity contribution in [1.82, 2.24) is 9.29 Å². The molecule has 1 aromatic carbocycles. The summed E-state index contributed by atoms with van der Waals surface area (Å²) in [6.07, 6.45) is 2.34. The zero-order valence-corrected chi connectivity index (χ0v) is 17.3. The smallest absolute Gasteiger partial charge is 0.211 e. The number of aromatic nitrogens is 1. The van der Waals surface area contributed by atoms with E-state index in [-0.39, 0.29) is 23.2 Å². The van der Waals surface area contributed by atoms with Gasteiger partial charge in [0, 0.05) is 19.1 Å². The summed E-state index contributed by atoms with van der Waals surface area (Å²) in [5.74, 6) is -3.21. The minimum atomic E-state index is -3.22. The van der Waals surface area contributed by atoms with Crippen LogP contribution in [0.3, 0.4) is 0 Å². The van der Waals surface area contributed by atoms with Gasteiger partial charge in [-0.1, -0.05) is 0 Å². The number of carbonyl (C=O) groups is 1. The van der Waals surface area contributed by atoms with Crippen LogP contribution < -0.4 is 15.8 Å². The number of carbonyl (C=O) groups excluding carboxylic acids is 1. The zero-order chi connectivity index (χ0) is 22.1. The van der Waals surface area contributed by atoms with Crippen LogP contribution in [0.25, 0.3) is 0 Å². The van der Waals surface area contributed by atoms with E-state index < -0.39 is 33.0 Å². The van der Waals surface area contributed by atoms with E-state index in [1.54, 1.807) is 0 Å². The number of pyridine rings is 1. The molecule has 1 fully saturated rings. The number of nitrogens with zero attached hydrogens (tertiary/aromatic N) is 2. The van der Waals surface area contributed by atoms with E-state index in [9.17, 15) is 22.0 Å². The number of benzene rings is 1. The molecular formula is C19H22F2N4O4S. The third-order valence-corrected chi connectivity index (χ3v) is 6.25. The molecule has 0 saturated carbocycles. The maximum Gasteiger partial charge on any atom is 0.211 e. The molecule has 0 aliphatic carbocycles. The second-order valence-electron chi connectivity index (χ2n) is 6.98. The Kier molecular flexibility index (Phi) is 6.22. The Hall–Kier alpha value is -2.79. The normalized spacial score (nSPS) is 15.7. The largest absolute Gasteiger partial charge is 0.496 e. The summed E-state index contributed by atoms with van der Waals surface area (Å²) in [6.45, 7) is 0.780. The number of rotatable bonds is 6. The van der Waals surface area contributed by atoms with E-state index in [0.29, 0.717) is 31.7 Å². The van der Waals surface area contributed by atoms with E-state index in [1.807, 2.05) is 0 Å². The van der Waals surface area contributed by atoms with Crippen LogP contribution in [-0.2, 0) is 10.0 Å². The molecule has 0 radical (unpaired) electrons. The van der Waals surface area contributed by atoms with Crippen molar-refractivity contribution in [2.24, 2.45) is 0 Å². The van der Waals surface area contributed by atoms with E-state index in [1.165, 1.54) is 29.8 Å². The van der Waals surface area contributed by atoms with Crippen LogP contribution in [0.15, 0.2) is 24.3 Å². The molecule has 3 rings (SSSR count). The molecule has 1 aromatic heterocycles. The average molecular weight is 440 g/mol. The number of hydrogen-bond donors (Lipinski definition) is 2. The van der Waals surface area contributed by atoms with Crippen molar-refractivity contribution in [2.75, 3.05) is 37.5 Å². The number of methoxy groups -OCH3 is 1. The van der Waals surface area contributed by atoms with Gasteiger partial charge in [0.2, 0.25) is 15.8 Å². The Morgan fingerprint density at radius 1 is 1.23 bits per heavy atom. The molecule has 30 heavy (non-hydrogen) atoms. The first-order valence-corrected chi connectivity index (χ1v) is 11.0. The molecule has 0 spiro atoms. The molecule has 8 nitrogen and oxygen atoms in total. The summed E-state index contributed by atoms with van der Waals surface area (Å²) in [4.78, 5) is 16.9. The summed E-state index contributed by atoms with van der Waals surface area (Å²) >= 11 is 0. The summed E-state index contributed by atoms with van der Waals surface area (Å²) in [7, 11) is -1.97. The number of nitrogen functional groups attached to an aromatic ring is 1. The molecule has 3 N–H and O–H groups in total. The number of halogens is 2. The predicted molar refractivity (Wildman–Crippen MR) is 108 cm³/mol. The lowest BCUT2D eigenvalue weighted by molar-refractivity contribution is 0.103. The van der Waals surface area contributed by atoms with Crippen LogP contribution in [-0.4, -0.2) is 56.0 Å². The molecule has 162 valence electrons. The van der Waals surface area contributed by atoms with Crippen LogP contribution in [0.5, 0.6) is 5.75 Å². The van der Waals surface area contributed by atoms with Crippen molar-refractivity contribution in [3.05, 3.63) is 47.0 Å². The van der Waals surface area contributed by atoms with Gasteiger partial charge in [0.1, 0.15) is 22.9 Å².